The van der Waals surface area contributed by atoms with Gasteiger partial charge < -0.3 is 10.1 Å². The summed E-state index contributed by atoms with van der Waals surface area (Å²) in [6.45, 7) is 4.43. The second-order valence-corrected chi connectivity index (χ2v) is 6.20. The van der Waals surface area contributed by atoms with Crippen LogP contribution in [0, 0.1) is 13.8 Å². The number of amides is 1. The van der Waals surface area contributed by atoms with Crippen LogP contribution in [0.3, 0.4) is 0 Å². The molecule has 25 heavy (non-hydrogen) atoms. The number of para-hydroxylation sites is 1. The van der Waals surface area contributed by atoms with Crippen molar-refractivity contribution in [1.82, 2.24) is 24.9 Å². The Morgan fingerprint density at radius 3 is 3.08 bits per heavy atom. The Morgan fingerprint density at radius 1 is 1.36 bits per heavy atom. The molecule has 1 aromatic carbocycles. The summed E-state index contributed by atoms with van der Waals surface area (Å²) in [6, 6.07) is 7.81. The maximum Gasteiger partial charge on any atom is 0.252 e. The summed E-state index contributed by atoms with van der Waals surface area (Å²) < 4.78 is 7.32. The molecule has 1 atom stereocenters. The lowest BCUT2D eigenvalue weighted by atomic mass is 10.00. The Balaban J connectivity index is 1.56. The monoisotopic (exact) mass is 337 g/mol. The molecule has 2 aromatic heterocycles. The summed E-state index contributed by atoms with van der Waals surface area (Å²) in [5.41, 5.74) is 3.61. The Kier molecular flexibility index (Phi) is 3.83. The van der Waals surface area contributed by atoms with Crippen LogP contribution in [0.25, 0.3) is 5.78 Å². The van der Waals surface area contributed by atoms with Crippen molar-refractivity contribution in [2.45, 2.75) is 32.7 Å². The van der Waals surface area contributed by atoms with Gasteiger partial charge in [0.2, 0.25) is 5.91 Å². The maximum absolute atomic E-state index is 12.6. The first-order valence-corrected chi connectivity index (χ1v) is 8.30. The lowest BCUT2D eigenvalue weighted by Crippen LogP contribution is -2.33. The van der Waals surface area contributed by atoms with Crippen molar-refractivity contribution in [3.05, 3.63) is 53.1 Å². The molecule has 0 fully saturated rings. The van der Waals surface area contributed by atoms with E-state index in [1.807, 2.05) is 38.1 Å². The predicted molar refractivity (Wildman–Crippen MR) is 91.4 cm³/mol. The average molecular weight is 337 g/mol. The molecule has 0 aliphatic carbocycles. The Labute approximate surface area is 145 Å². The number of carbonyl (C=O) groups is 1. The lowest BCUT2D eigenvalue weighted by Gasteiger charge is -2.26. The smallest absolute Gasteiger partial charge is 0.252 e. The molecule has 7 heteroatoms. The van der Waals surface area contributed by atoms with E-state index in [1.165, 1.54) is 6.33 Å². The van der Waals surface area contributed by atoms with Crippen LogP contribution in [-0.4, -0.2) is 32.1 Å². The van der Waals surface area contributed by atoms with Crippen LogP contribution in [0.5, 0.6) is 5.75 Å². The largest absolute Gasteiger partial charge is 0.493 e. The maximum atomic E-state index is 12.6. The van der Waals surface area contributed by atoms with Crippen molar-refractivity contribution in [3.8, 4) is 5.75 Å². The quantitative estimate of drug-likeness (QED) is 0.790. The van der Waals surface area contributed by atoms with Gasteiger partial charge in [-0.3, -0.25) is 4.79 Å². The van der Waals surface area contributed by atoms with Gasteiger partial charge >= 0.3 is 0 Å². The molecule has 1 amide bonds. The van der Waals surface area contributed by atoms with E-state index in [0.717, 1.165) is 34.7 Å². The SMILES string of the molecule is Cc1nc2ncnn2c(C)c1CC(=O)N[C@H]1CCOc2ccccc21. The second kappa shape index (κ2) is 6.16. The van der Waals surface area contributed by atoms with E-state index in [-0.39, 0.29) is 18.4 Å². The van der Waals surface area contributed by atoms with E-state index in [0.29, 0.717) is 12.4 Å². The number of fused-ring (bicyclic) bond motifs is 2. The third-order valence-corrected chi connectivity index (χ3v) is 4.62. The molecule has 1 N–H and O–H groups in total. The van der Waals surface area contributed by atoms with Crippen LogP contribution in [0.4, 0.5) is 0 Å². The fourth-order valence-electron chi connectivity index (χ4n) is 3.31. The molecule has 4 rings (SSSR count). The zero-order valence-electron chi connectivity index (χ0n) is 14.2. The molecule has 3 heterocycles. The highest BCUT2D eigenvalue weighted by atomic mass is 16.5. The average Bonchev–Trinajstić information content (AvgIpc) is 3.07. The number of ether oxygens (including phenoxy) is 1. The number of rotatable bonds is 3. The zero-order valence-corrected chi connectivity index (χ0v) is 14.2. The standard InChI is InChI=1S/C18H19N5O2/c1-11-14(12(2)23-18(21-11)19-10-20-23)9-17(24)22-15-7-8-25-16-6-4-3-5-13(15)16/h3-6,10,15H,7-9H2,1-2H3,(H,22,24)/t15-/m0/s1. The Morgan fingerprint density at radius 2 is 2.20 bits per heavy atom. The number of hydrogen-bond acceptors (Lipinski definition) is 5. The fraction of sp³-hybridized carbons (Fsp3) is 0.333. The third-order valence-electron chi connectivity index (χ3n) is 4.62. The van der Waals surface area contributed by atoms with E-state index in [1.54, 1.807) is 4.52 Å². The molecular formula is C18H19N5O2. The van der Waals surface area contributed by atoms with Crippen molar-refractivity contribution >= 4 is 11.7 Å². The van der Waals surface area contributed by atoms with Crippen molar-refractivity contribution in [2.75, 3.05) is 6.61 Å². The zero-order chi connectivity index (χ0) is 17.4. The van der Waals surface area contributed by atoms with Gasteiger partial charge in [0.1, 0.15) is 12.1 Å². The van der Waals surface area contributed by atoms with Crippen LogP contribution in [-0.2, 0) is 11.2 Å². The van der Waals surface area contributed by atoms with Gasteiger partial charge in [0.05, 0.1) is 19.1 Å². The first kappa shape index (κ1) is 15.6. The summed E-state index contributed by atoms with van der Waals surface area (Å²) in [7, 11) is 0. The predicted octanol–water partition coefficient (Wildman–Crippen LogP) is 1.92. The molecule has 0 unspecified atom stereocenters. The van der Waals surface area contributed by atoms with Gasteiger partial charge in [0.15, 0.2) is 0 Å². The molecule has 0 radical (unpaired) electrons. The van der Waals surface area contributed by atoms with Crippen LogP contribution < -0.4 is 10.1 Å². The highest BCUT2D eigenvalue weighted by Crippen LogP contribution is 2.31. The number of nitrogens with zero attached hydrogens (tertiary/aromatic N) is 4. The van der Waals surface area contributed by atoms with Gasteiger partial charge in [-0.25, -0.2) is 9.50 Å². The van der Waals surface area contributed by atoms with E-state index >= 15 is 0 Å². The number of hydrogen-bond donors (Lipinski definition) is 1. The Bertz CT molecular complexity index is 950. The molecule has 128 valence electrons. The van der Waals surface area contributed by atoms with Gasteiger partial charge in [-0.1, -0.05) is 18.2 Å². The van der Waals surface area contributed by atoms with Crippen molar-refractivity contribution in [1.29, 1.82) is 0 Å². The van der Waals surface area contributed by atoms with Crippen molar-refractivity contribution in [2.24, 2.45) is 0 Å². The van der Waals surface area contributed by atoms with Gasteiger partial charge in [0, 0.05) is 28.9 Å². The van der Waals surface area contributed by atoms with Gasteiger partial charge in [-0.05, 0) is 19.9 Å². The number of nitrogens with one attached hydrogen (secondary N) is 1. The van der Waals surface area contributed by atoms with Gasteiger partial charge in [-0.15, -0.1) is 0 Å². The molecule has 1 aliphatic heterocycles. The summed E-state index contributed by atoms with van der Waals surface area (Å²) in [6.07, 6.45) is 2.50. The first-order valence-electron chi connectivity index (χ1n) is 8.30. The number of aryl methyl sites for hydroxylation is 2. The fourth-order valence-corrected chi connectivity index (χ4v) is 3.31. The minimum Gasteiger partial charge on any atom is -0.493 e. The van der Waals surface area contributed by atoms with E-state index < -0.39 is 0 Å². The molecule has 3 aromatic rings. The van der Waals surface area contributed by atoms with Crippen LogP contribution in [0.1, 0.15) is 35.0 Å². The Hall–Kier alpha value is -2.96. The van der Waals surface area contributed by atoms with Crippen LogP contribution >= 0.6 is 0 Å². The first-order chi connectivity index (χ1) is 12.1. The summed E-state index contributed by atoms with van der Waals surface area (Å²) in [4.78, 5) is 21.2. The number of benzene rings is 1. The van der Waals surface area contributed by atoms with E-state index in [9.17, 15) is 4.79 Å². The summed E-state index contributed by atoms with van der Waals surface area (Å²) in [5, 5.41) is 7.30. The molecule has 0 bridgehead atoms. The number of carbonyl (C=O) groups excluding carboxylic acids is 1. The molecule has 0 saturated heterocycles. The van der Waals surface area contributed by atoms with Crippen LogP contribution in [0.2, 0.25) is 0 Å². The normalized spacial score (nSPS) is 16.3. The number of aromatic nitrogens is 4. The van der Waals surface area contributed by atoms with Crippen molar-refractivity contribution in [3.63, 3.8) is 0 Å². The van der Waals surface area contributed by atoms with Crippen LogP contribution in [0.15, 0.2) is 30.6 Å². The molecule has 0 spiro atoms. The topological polar surface area (TPSA) is 81.4 Å². The van der Waals surface area contributed by atoms with E-state index in [4.69, 9.17) is 4.74 Å². The van der Waals surface area contributed by atoms with E-state index in [2.05, 4.69) is 20.4 Å². The molecule has 7 nitrogen and oxygen atoms in total. The third kappa shape index (κ3) is 2.82. The second-order valence-electron chi connectivity index (χ2n) is 6.20. The molecular weight excluding hydrogens is 318 g/mol. The summed E-state index contributed by atoms with van der Waals surface area (Å²) >= 11 is 0. The molecule has 0 saturated carbocycles. The molecule has 1 aliphatic rings. The van der Waals surface area contributed by atoms with Gasteiger partial charge in [-0.2, -0.15) is 10.1 Å². The highest BCUT2D eigenvalue weighted by molar-refractivity contribution is 5.79. The lowest BCUT2D eigenvalue weighted by molar-refractivity contribution is -0.121. The highest BCUT2D eigenvalue weighted by Gasteiger charge is 2.23. The minimum absolute atomic E-state index is 0.0267. The summed E-state index contributed by atoms with van der Waals surface area (Å²) in [5.74, 6) is 1.36. The van der Waals surface area contributed by atoms with Crippen molar-refractivity contribution < 1.29 is 9.53 Å². The minimum atomic E-state index is -0.0332. The van der Waals surface area contributed by atoms with Gasteiger partial charge in [0.25, 0.3) is 5.78 Å².